The molecule has 7 nitrogen and oxygen atoms in total. The van der Waals surface area contributed by atoms with Crippen LogP contribution in [-0.2, 0) is 15.7 Å². The van der Waals surface area contributed by atoms with E-state index in [1.165, 1.54) is 18.9 Å². The lowest BCUT2D eigenvalue weighted by molar-refractivity contribution is -0.139. The molecule has 1 aromatic rings. The van der Waals surface area contributed by atoms with Crippen molar-refractivity contribution in [1.29, 1.82) is 0 Å². The van der Waals surface area contributed by atoms with Crippen LogP contribution in [0.3, 0.4) is 0 Å². The fraction of sp³-hybridized carbons (Fsp3) is 0.667. The van der Waals surface area contributed by atoms with E-state index in [-0.39, 0.29) is 43.2 Å². The molecule has 1 saturated carbocycles. The molecule has 34 heavy (non-hydrogen) atoms. The molecule has 1 aromatic carbocycles. The highest BCUT2D eigenvalue weighted by Crippen LogP contribution is 2.44. The summed E-state index contributed by atoms with van der Waals surface area (Å²) in [4.78, 5) is 29.7. The number of methoxy groups -OCH3 is 1. The van der Waals surface area contributed by atoms with Crippen molar-refractivity contribution in [3.8, 4) is 5.75 Å². The average molecular weight is 486 g/mol. The number of alkyl halides is 3. The minimum absolute atomic E-state index is 0.0595. The van der Waals surface area contributed by atoms with Crippen LogP contribution in [0, 0.1) is 0 Å². The first-order chi connectivity index (χ1) is 15.9. The molecule has 1 aliphatic carbocycles. The lowest BCUT2D eigenvalue weighted by atomic mass is 9.92. The number of anilines is 1. The Labute approximate surface area is 198 Å². The van der Waals surface area contributed by atoms with Crippen LogP contribution in [0.2, 0.25) is 0 Å². The monoisotopic (exact) mass is 485 g/mol. The number of hydrogen-bond donors (Lipinski definition) is 1. The number of benzene rings is 1. The van der Waals surface area contributed by atoms with Crippen LogP contribution in [0.1, 0.15) is 68.8 Å². The number of halogens is 3. The van der Waals surface area contributed by atoms with Crippen LogP contribution >= 0.6 is 0 Å². The standard InChI is InChI=1S/C24H34F3N3O4/c1-15(2)30(16-8-6-5-7-9-16)21(31)17-12-19-20(13-18(17)24(25,26)27)34-23(3,14-33-4)22(32)29(19)11-10-28/h12-13,15-16H,5-11,14,28H2,1-4H3. The van der Waals surface area contributed by atoms with Gasteiger partial charge in [-0.25, -0.2) is 0 Å². The van der Waals surface area contributed by atoms with E-state index in [0.29, 0.717) is 0 Å². The highest BCUT2D eigenvalue weighted by molar-refractivity contribution is 6.05. The Hall–Kier alpha value is -2.33. The summed E-state index contributed by atoms with van der Waals surface area (Å²) in [5.74, 6) is -1.31. The van der Waals surface area contributed by atoms with Crippen molar-refractivity contribution in [3.05, 3.63) is 23.3 Å². The maximum absolute atomic E-state index is 14.2. The van der Waals surface area contributed by atoms with Gasteiger partial charge in [0.15, 0.2) is 0 Å². The normalized spacial score (nSPS) is 21.4. The van der Waals surface area contributed by atoms with E-state index >= 15 is 0 Å². The number of amides is 2. The van der Waals surface area contributed by atoms with E-state index in [1.54, 1.807) is 4.90 Å². The zero-order valence-corrected chi connectivity index (χ0v) is 20.2. The van der Waals surface area contributed by atoms with Gasteiger partial charge in [0.25, 0.3) is 11.8 Å². The van der Waals surface area contributed by atoms with Crippen LogP contribution in [0.4, 0.5) is 18.9 Å². The molecule has 190 valence electrons. The molecule has 1 unspecified atom stereocenters. The Morgan fingerprint density at radius 1 is 1.29 bits per heavy atom. The number of fused-ring (bicyclic) bond motifs is 1. The summed E-state index contributed by atoms with van der Waals surface area (Å²) in [6.45, 7) is 5.06. The summed E-state index contributed by atoms with van der Waals surface area (Å²) >= 11 is 0. The summed E-state index contributed by atoms with van der Waals surface area (Å²) in [7, 11) is 1.37. The minimum atomic E-state index is -4.80. The number of rotatable bonds is 7. The van der Waals surface area contributed by atoms with Crippen LogP contribution in [-0.4, -0.2) is 61.2 Å². The SMILES string of the molecule is COCC1(C)Oc2cc(C(F)(F)F)c(C(=O)N(C(C)C)C3CCCCC3)cc2N(CCN)C1=O. The average Bonchev–Trinajstić information content (AvgIpc) is 2.76. The zero-order chi connectivity index (χ0) is 25.3. The molecule has 1 fully saturated rings. The number of carbonyl (C=O) groups is 2. The zero-order valence-electron chi connectivity index (χ0n) is 20.2. The van der Waals surface area contributed by atoms with Crippen LogP contribution in [0.25, 0.3) is 0 Å². The third kappa shape index (κ3) is 5.02. The van der Waals surface area contributed by atoms with Gasteiger partial charge in [0, 0.05) is 32.3 Å². The van der Waals surface area contributed by atoms with Gasteiger partial charge in [-0.15, -0.1) is 0 Å². The van der Waals surface area contributed by atoms with Crippen molar-refractivity contribution in [3.63, 3.8) is 0 Å². The molecule has 0 bridgehead atoms. The lowest BCUT2D eigenvalue weighted by Gasteiger charge is -2.41. The van der Waals surface area contributed by atoms with Crippen molar-refractivity contribution >= 4 is 17.5 Å². The molecule has 2 N–H and O–H groups in total. The molecule has 0 spiro atoms. The van der Waals surface area contributed by atoms with Gasteiger partial charge in [0.2, 0.25) is 5.60 Å². The third-order valence-electron chi connectivity index (χ3n) is 6.49. The summed E-state index contributed by atoms with van der Waals surface area (Å²) < 4.78 is 53.4. The maximum Gasteiger partial charge on any atom is 0.417 e. The minimum Gasteiger partial charge on any atom is -0.473 e. The summed E-state index contributed by atoms with van der Waals surface area (Å²) in [5, 5.41) is 0. The number of nitrogens with two attached hydrogens (primary N) is 1. The van der Waals surface area contributed by atoms with E-state index in [1.807, 2.05) is 13.8 Å². The highest BCUT2D eigenvalue weighted by Gasteiger charge is 2.47. The predicted molar refractivity (Wildman–Crippen MR) is 122 cm³/mol. The molecular formula is C24H34F3N3O4. The van der Waals surface area contributed by atoms with Gasteiger partial charge in [0.1, 0.15) is 5.75 Å². The van der Waals surface area contributed by atoms with Crippen molar-refractivity contribution in [2.24, 2.45) is 5.73 Å². The van der Waals surface area contributed by atoms with E-state index < -0.39 is 34.7 Å². The molecule has 1 atom stereocenters. The first-order valence-corrected chi connectivity index (χ1v) is 11.7. The third-order valence-corrected chi connectivity index (χ3v) is 6.49. The van der Waals surface area contributed by atoms with E-state index in [2.05, 4.69) is 0 Å². The second kappa shape index (κ2) is 10.1. The van der Waals surface area contributed by atoms with Gasteiger partial charge in [-0.3, -0.25) is 9.59 Å². The Bertz CT molecular complexity index is 915. The van der Waals surface area contributed by atoms with Crippen molar-refractivity contribution in [2.75, 3.05) is 31.7 Å². The second-order valence-corrected chi connectivity index (χ2v) is 9.47. The Kier molecular flexibility index (Phi) is 7.82. The topological polar surface area (TPSA) is 85.1 Å². The highest BCUT2D eigenvalue weighted by atomic mass is 19.4. The fourth-order valence-corrected chi connectivity index (χ4v) is 4.99. The van der Waals surface area contributed by atoms with Gasteiger partial charge >= 0.3 is 6.18 Å². The van der Waals surface area contributed by atoms with Crippen LogP contribution in [0.15, 0.2) is 12.1 Å². The van der Waals surface area contributed by atoms with Crippen molar-refractivity contribution in [1.82, 2.24) is 4.90 Å². The first kappa shape index (κ1) is 26.3. The summed E-state index contributed by atoms with van der Waals surface area (Å²) in [5.41, 5.74) is 2.72. The van der Waals surface area contributed by atoms with Gasteiger partial charge in [-0.1, -0.05) is 19.3 Å². The van der Waals surface area contributed by atoms with Gasteiger partial charge in [0.05, 0.1) is 23.4 Å². The molecule has 3 rings (SSSR count). The van der Waals surface area contributed by atoms with Crippen molar-refractivity contribution in [2.45, 2.75) is 76.7 Å². The number of nitrogens with zero attached hydrogens (tertiary/aromatic N) is 2. The predicted octanol–water partition coefficient (Wildman–Crippen LogP) is 3.98. The molecule has 1 aliphatic heterocycles. The quantitative estimate of drug-likeness (QED) is 0.632. The van der Waals surface area contributed by atoms with E-state index in [4.69, 9.17) is 15.2 Å². The molecule has 0 radical (unpaired) electrons. The Balaban J connectivity index is 2.17. The van der Waals surface area contributed by atoms with Crippen LogP contribution in [0.5, 0.6) is 5.75 Å². The van der Waals surface area contributed by atoms with Crippen LogP contribution < -0.4 is 15.4 Å². The molecule has 10 heteroatoms. The van der Waals surface area contributed by atoms with Gasteiger partial charge < -0.3 is 25.0 Å². The maximum atomic E-state index is 14.2. The van der Waals surface area contributed by atoms with Gasteiger partial charge in [-0.05, 0) is 45.7 Å². The number of ether oxygens (including phenoxy) is 2. The second-order valence-electron chi connectivity index (χ2n) is 9.47. The number of hydrogen-bond acceptors (Lipinski definition) is 5. The molecule has 2 amide bonds. The molecule has 0 saturated heterocycles. The Morgan fingerprint density at radius 3 is 2.47 bits per heavy atom. The van der Waals surface area contributed by atoms with E-state index in [9.17, 15) is 22.8 Å². The fourth-order valence-electron chi connectivity index (χ4n) is 4.99. The summed E-state index contributed by atoms with van der Waals surface area (Å²) in [6, 6.07) is 1.56. The van der Waals surface area contributed by atoms with Crippen molar-refractivity contribution < 1.29 is 32.2 Å². The smallest absolute Gasteiger partial charge is 0.417 e. The lowest BCUT2D eigenvalue weighted by Crippen LogP contribution is -2.58. The van der Waals surface area contributed by atoms with E-state index in [0.717, 1.165) is 44.2 Å². The largest absolute Gasteiger partial charge is 0.473 e. The Morgan fingerprint density at radius 2 is 1.94 bits per heavy atom. The van der Waals surface area contributed by atoms with Gasteiger partial charge in [-0.2, -0.15) is 13.2 Å². The molecule has 0 aromatic heterocycles. The molecular weight excluding hydrogens is 451 g/mol. The molecule has 2 aliphatic rings. The number of carbonyl (C=O) groups excluding carboxylic acids is 2. The first-order valence-electron chi connectivity index (χ1n) is 11.7. The molecule has 1 heterocycles. The summed E-state index contributed by atoms with van der Waals surface area (Å²) in [6.07, 6.45) is -0.364.